The second-order valence-electron chi connectivity index (χ2n) is 3.52. The van der Waals surface area contributed by atoms with E-state index in [-0.39, 0.29) is 0 Å². The summed E-state index contributed by atoms with van der Waals surface area (Å²) in [7, 11) is 0. The highest BCUT2D eigenvalue weighted by Gasteiger charge is 2.17. The summed E-state index contributed by atoms with van der Waals surface area (Å²) >= 11 is 12.4. The van der Waals surface area contributed by atoms with Crippen molar-refractivity contribution in [2.75, 3.05) is 19.8 Å². The average Bonchev–Trinajstić information content (AvgIpc) is 2.43. The second-order valence-corrected chi connectivity index (χ2v) is 4.31. The van der Waals surface area contributed by atoms with E-state index < -0.39 is 0 Å². The van der Waals surface area contributed by atoms with E-state index in [4.69, 9.17) is 37.5 Å². The summed E-state index contributed by atoms with van der Waals surface area (Å²) in [6.45, 7) is 7.00. The van der Waals surface area contributed by atoms with Crippen molar-refractivity contribution >= 4 is 35.2 Å². The molecule has 0 spiro atoms. The van der Waals surface area contributed by atoms with Crippen LogP contribution in [0.4, 0.5) is 5.69 Å². The molecule has 0 heterocycles. The van der Waals surface area contributed by atoms with E-state index in [0.717, 1.165) is 0 Å². The van der Waals surface area contributed by atoms with Gasteiger partial charge in [-0.2, -0.15) is 0 Å². The Morgan fingerprint density at radius 3 is 2.35 bits per heavy atom. The standard InChI is InChI=1S/C13H18Cl2N2O3/c1-4-18-12-9(14)7-10(16-8-17-20-6-3)13(11(12)15)19-5-2/h7-8H,4-6H2,1-3H3,(H,16,17). The van der Waals surface area contributed by atoms with Crippen molar-refractivity contribution in [2.24, 2.45) is 4.99 Å². The summed E-state index contributed by atoms with van der Waals surface area (Å²) in [4.78, 5) is 9.12. The molecule has 1 rings (SSSR count). The zero-order chi connectivity index (χ0) is 15.0. The molecule has 1 N–H and O–H groups in total. The molecule has 0 aliphatic carbocycles. The van der Waals surface area contributed by atoms with Crippen molar-refractivity contribution < 1.29 is 14.3 Å². The van der Waals surface area contributed by atoms with Crippen LogP contribution in [0.2, 0.25) is 10.0 Å². The highest BCUT2D eigenvalue weighted by atomic mass is 35.5. The molecule has 7 heteroatoms. The molecular weight excluding hydrogens is 303 g/mol. The molecule has 20 heavy (non-hydrogen) atoms. The number of aliphatic imine (C=N–C) groups is 1. The minimum atomic E-state index is 0.310. The molecule has 1 aromatic rings. The van der Waals surface area contributed by atoms with Gasteiger partial charge in [0.1, 0.15) is 17.0 Å². The smallest absolute Gasteiger partial charge is 0.167 e. The molecule has 0 aliphatic heterocycles. The first-order valence-electron chi connectivity index (χ1n) is 6.33. The van der Waals surface area contributed by atoms with E-state index in [1.807, 2.05) is 20.8 Å². The molecule has 0 aliphatic rings. The van der Waals surface area contributed by atoms with E-state index in [9.17, 15) is 0 Å². The number of hydroxylamine groups is 1. The molecule has 0 saturated carbocycles. The first-order valence-corrected chi connectivity index (χ1v) is 7.08. The Labute approximate surface area is 128 Å². The van der Waals surface area contributed by atoms with Crippen molar-refractivity contribution in [3.05, 3.63) is 16.1 Å². The number of hydrogen-bond acceptors (Lipinski definition) is 4. The van der Waals surface area contributed by atoms with Crippen LogP contribution in [0, 0.1) is 0 Å². The molecule has 0 fully saturated rings. The molecule has 0 unspecified atom stereocenters. The Morgan fingerprint density at radius 2 is 1.75 bits per heavy atom. The SMILES string of the molecule is CCONC=Nc1cc(Cl)c(OCC)c(Cl)c1OCC. The van der Waals surface area contributed by atoms with E-state index in [1.54, 1.807) is 6.07 Å². The lowest BCUT2D eigenvalue weighted by atomic mass is 10.2. The molecule has 0 aromatic heterocycles. The topological polar surface area (TPSA) is 52.1 Å². The fraction of sp³-hybridized carbons (Fsp3) is 0.462. The van der Waals surface area contributed by atoms with Gasteiger partial charge >= 0.3 is 0 Å². The monoisotopic (exact) mass is 320 g/mol. The fourth-order valence-corrected chi connectivity index (χ4v) is 2.05. The van der Waals surface area contributed by atoms with Crippen molar-refractivity contribution in [1.29, 1.82) is 0 Å². The zero-order valence-corrected chi connectivity index (χ0v) is 13.2. The van der Waals surface area contributed by atoms with Gasteiger partial charge in [-0.1, -0.05) is 23.2 Å². The Morgan fingerprint density at radius 1 is 1.10 bits per heavy atom. The van der Waals surface area contributed by atoms with Gasteiger partial charge in [0.15, 0.2) is 11.5 Å². The van der Waals surface area contributed by atoms with Crippen LogP contribution in [-0.2, 0) is 4.84 Å². The van der Waals surface area contributed by atoms with Gasteiger partial charge in [0.25, 0.3) is 0 Å². The van der Waals surface area contributed by atoms with Crippen LogP contribution >= 0.6 is 23.2 Å². The minimum Gasteiger partial charge on any atom is -0.491 e. The highest BCUT2D eigenvalue weighted by Crippen LogP contribution is 2.46. The van der Waals surface area contributed by atoms with Gasteiger partial charge in [-0.3, -0.25) is 10.3 Å². The molecule has 0 atom stereocenters. The third-order valence-electron chi connectivity index (χ3n) is 2.17. The van der Waals surface area contributed by atoms with E-state index in [0.29, 0.717) is 47.1 Å². The number of halogens is 2. The summed E-state index contributed by atoms with van der Waals surface area (Å²) in [6, 6.07) is 1.63. The first kappa shape index (κ1) is 16.9. The Hall–Kier alpha value is -1.17. The summed E-state index contributed by atoms with van der Waals surface area (Å²) in [6.07, 6.45) is 1.40. The fourth-order valence-electron chi connectivity index (χ4n) is 1.44. The van der Waals surface area contributed by atoms with E-state index in [1.165, 1.54) is 6.34 Å². The van der Waals surface area contributed by atoms with Crippen molar-refractivity contribution in [3.8, 4) is 11.5 Å². The minimum absolute atomic E-state index is 0.310. The molecular formula is C13H18Cl2N2O3. The highest BCUT2D eigenvalue weighted by molar-refractivity contribution is 6.38. The summed E-state index contributed by atoms with van der Waals surface area (Å²) in [5.74, 6) is 0.826. The van der Waals surface area contributed by atoms with Gasteiger partial charge in [-0.05, 0) is 26.8 Å². The lowest BCUT2D eigenvalue weighted by molar-refractivity contribution is 0.100. The van der Waals surface area contributed by atoms with E-state index in [2.05, 4.69) is 10.5 Å². The average molecular weight is 321 g/mol. The lowest BCUT2D eigenvalue weighted by Gasteiger charge is -2.14. The van der Waals surface area contributed by atoms with Crippen molar-refractivity contribution in [3.63, 3.8) is 0 Å². The van der Waals surface area contributed by atoms with Gasteiger partial charge in [-0.25, -0.2) is 4.99 Å². The number of nitrogens with one attached hydrogen (secondary N) is 1. The normalized spacial score (nSPS) is 10.8. The van der Waals surface area contributed by atoms with Crippen LogP contribution < -0.4 is 15.0 Å². The van der Waals surface area contributed by atoms with Crippen LogP contribution in [0.3, 0.4) is 0 Å². The number of rotatable bonds is 8. The first-order chi connectivity index (χ1) is 9.65. The molecule has 112 valence electrons. The molecule has 0 amide bonds. The number of hydrogen-bond donors (Lipinski definition) is 1. The summed E-state index contributed by atoms with van der Waals surface area (Å²) in [5, 5.41) is 0.689. The third-order valence-corrected chi connectivity index (χ3v) is 2.80. The summed E-state index contributed by atoms with van der Waals surface area (Å²) in [5.41, 5.74) is 3.06. The van der Waals surface area contributed by atoms with Gasteiger partial charge in [0.05, 0.1) is 24.8 Å². The quantitative estimate of drug-likeness (QED) is 0.340. The van der Waals surface area contributed by atoms with Crippen LogP contribution in [0.1, 0.15) is 20.8 Å². The molecule has 5 nitrogen and oxygen atoms in total. The summed E-state index contributed by atoms with van der Waals surface area (Å²) < 4.78 is 10.9. The van der Waals surface area contributed by atoms with Crippen molar-refractivity contribution in [1.82, 2.24) is 5.48 Å². The predicted octanol–water partition coefficient (Wildman–Crippen LogP) is 3.99. The second kappa shape index (κ2) is 8.89. The van der Waals surface area contributed by atoms with Crippen LogP contribution in [-0.4, -0.2) is 26.2 Å². The number of benzene rings is 1. The lowest BCUT2D eigenvalue weighted by Crippen LogP contribution is -2.10. The van der Waals surface area contributed by atoms with Gasteiger partial charge in [0.2, 0.25) is 0 Å². The predicted molar refractivity (Wildman–Crippen MR) is 81.7 cm³/mol. The van der Waals surface area contributed by atoms with Gasteiger partial charge < -0.3 is 9.47 Å². The van der Waals surface area contributed by atoms with Crippen molar-refractivity contribution in [2.45, 2.75) is 20.8 Å². The number of nitrogens with zero attached hydrogens (tertiary/aromatic N) is 1. The maximum absolute atomic E-state index is 6.26. The maximum Gasteiger partial charge on any atom is 0.167 e. The van der Waals surface area contributed by atoms with Crippen LogP contribution in [0.5, 0.6) is 11.5 Å². The van der Waals surface area contributed by atoms with Crippen LogP contribution in [0.15, 0.2) is 11.1 Å². The largest absolute Gasteiger partial charge is 0.491 e. The third kappa shape index (κ3) is 4.44. The van der Waals surface area contributed by atoms with Gasteiger partial charge in [-0.15, -0.1) is 0 Å². The molecule has 1 aromatic carbocycles. The Kier molecular flexibility index (Phi) is 7.51. The molecule has 0 saturated heterocycles. The molecule has 0 bridgehead atoms. The zero-order valence-electron chi connectivity index (χ0n) is 11.7. The number of ether oxygens (including phenoxy) is 2. The van der Waals surface area contributed by atoms with Crippen LogP contribution in [0.25, 0.3) is 0 Å². The van der Waals surface area contributed by atoms with E-state index >= 15 is 0 Å². The Balaban J connectivity index is 3.12. The maximum atomic E-state index is 6.26. The van der Waals surface area contributed by atoms with Gasteiger partial charge in [0, 0.05) is 0 Å². The molecule has 0 radical (unpaired) electrons. The Bertz CT molecular complexity index is 467.